The molecule has 1 fully saturated rings. The third kappa shape index (κ3) is 3.07. The molecular weight excluding hydrogens is 402 g/mol. The SMILES string of the molecule is CN1CCOc2cc(-c3ccc4c5c(ccc4c3)C3=C(CCC=C3)C(C3CCC3)C5)ccc21. The molecule has 2 heteroatoms. The fraction of sp³-hybridized carbons (Fsp3) is 0.355. The molecule has 0 aromatic heterocycles. The first-order valence-electron chi connectivity index (χ1n) is 12.7. The van der Waals surface area contributed by atoms with E-state index in [1.807, 2.05) is 0 Å². The van der Waals surface area contributed by atoms with Crippen LogP contribution in [-0.4, -0.2) is 20.2 Å². The minimum Gasteiger partial charge on any atom is -0.490 e. The molecule has 1 unspecified atom stereocenters. The Labute approximate surface area is 196 Å². The molecule has 0 amide bonds. The van der Waals surface area contributed by atoms with E-state index in [1.54, 1.807) is 16.7 Å². The summed E-state index contributed by atoms with van der Waals surface area (Å²) in [5, 5.41) is 2.80. The molecule has 7 rings (SSSR count). The van der Waals surface area contributed by atoms with Gasteiger partial charge in [0.1, 0.15) is 12.4 Å². The maximum absolute atomic E-state index is 5.97. The minimum absolute atomic E-state index is 0.755. The van der Waals surface area contributed by atoms with E-state index in [4.69, 9.17) is 4.74 Å². The zero-order valence-corrected chi connectivity index (χ0v) is 19.4. The van der Waals surface area contributed by atoms with Crippen molar-refractivity contribution in [3.63, 3.8) is 0 Å². The van der Waals surface area contributed by atoms with Crippen LogP contribution in [0, 0.1) is 11.8 Å². The number of benzene rings is 3. The van der Waals surface area contributed by atoms with Crippen molar-refractivity contribution in [2.75, 3.05) is 25.1 Å². The first-order valence-corrected chi connectivity index (χ1v) is 12.7. The van der Waals surface area contributed by atoms with E-state index in [0.29, 0.717) is 0 Å². The highest BCUT2D eigenvalue weighted by atomic mass is 16.5. The fourth-order valence-corrected chi connectivity index (χ4v) is 6.55. The van der Waals surface area contributed by atoms with Crippen LogP contribution in [0.3, 0.4) is 0 Å². The Morgan fingerprint density at radius 2 is 1.85 bits per heavy atom. The summed E-state index contributed by atoms with van der Waals surface area (Å²) < 4.78 is 5.97. The number of allylic oxidation sites excluding steroid dienone is 4. The fourth-order valence-electron chi connectivity index (χ4n) is 6.55. The van der Waals surface area contributed by atoms with Crippen LogP contribution >= 0.6 is 0 Å². The first-order chi connectivity index (χ1) is 16.3. The summed E-state index contributed by atoms with van der Waals surface area (Å²) >= 11 is 0. The zero-order chi connectivity index (χ0) is 21.9. The summed E-state index contributed by atoms with van der Waals surface area (Å²) in [5.41, 5.74) is 10.1. The molecule has 166 valence electrons. The number of hydrogen-bond acceptors (Lipinski definition) is 2. The van der Waals surface area contributed by atoms with Crippen molar-refractivity contribution in [3.8, 4) is 16.9 Å². The Kier molecular flexibility index (Phi) is 4.43. The maximum Gasteiger partial charge on any atom is 0.143 e. The van der Waals surface area contributed by atoms with Crippen LogP contribution < -0.4 is 9.64 Å². The lowest BCUT2D eigenvalue weighted by atomic mass is 9.64. The van der Waals surface area contributed by atoms with Crippen LogP contribution in [0.25, 0.3) is 27.5 Å². The Morgan fingerprint density at radius 3 is 2.73 bits per heavy atom. The summed E-state index contributed by atoms with van der Waals surface area (Å²) in [4.78, 5) is 2.27. The largest absolute Gasteiger partial charge is 0.490 e. The second-order valence-corrected chi connectivity index (χ2v) is 10.4. The molecular formula is C31H31NO. The van der Waals surface area contributed by atoms with Crippen molar-refractivity contribution in [1.82, 2.24) is 0 Å². The van der Waals surface area contributed by atoms with E-state index in [0.717, 1.165) is 30.7 Å². The van der Waals surface area contributed by atoms with E-state index in [-0.39, 0.29) is 0 Å². The average molecular weight is 434 g/mol. The van der Waals surface area contributed by atoms with Crippen molar-refractivity contribution < 1.29 is 4.74 Å². The van der Waals surface area contributed by atoms with Gasteiger partial charge in [-0.15, -0.1) is 0 Å². The zero-order valence-electron chi connectivity index (χ0n) is 19.4. The van der Waals surface area contributed by atoms with E-state index < -0.39 is 0 Å². The number of hydrogen-bond donors (Lipinski definition) is 0. The molecule has 4 aliphatic rings. The molecule has 0 spiro atoms. The van der Waals surface area contributed by atoms with Crippen LogP contribution in [-0.2, 0) is 6.42 Å². The van der Waals surface area contributed by atoms with Gasteiger partial charge < -0.3 is 9.64 Å². The minimum atomic E-state index is 0.755. The molecule has 1 heterocycles. The molecule has 0 radical (unpaired) electrons. The van der Waals surface area contributed by atoms with Crippen molar-refractivity contribution in [2.45, 2.75) is 38.5 Å². The third-order valence-corrected chi connectivity index (χ3v) is 8.61. The summed E-state index contributed by atoms with van der Waals surface area (Å²) in [6, 6.07) is 18.5. The maximum atomic E-state index is 5.97. The first kappa shape index (κ1) is 19.5. The third-order valence-electron chi connectivity index (χ3n) is 8.61. The van der Waals surface area contributed by atoms with E-state index in [9.17, 15) is 0 Å². The second-order valence-electron chi connectivity index (χ2n) is 10.4. The lowest BCUT2D eigenvalue weighted by Crippen LogP contribution is -2.29. The average Bonchev–Trinajstić information content (AvgIpc) is 2.82. The highest BCUT2D eigenvalue weighted by molar-refractivity contribution is 5.96. The van der Waals surface area contributed by atoms with Gasteiger partial charge in [-0.2, -0.15) is 0 Å². The molecule has 0 saturated heterocycles. The number of likely N-dealkylation sites (N-methyl/N-ethyl adjacent to an activating group) is 1. The predicted molar refractivity (Wildman–Crippen MR) is 138 cm³/mol. The highest BCUT2D eigenvalue weighted by Gasteiger charge is 2.35. The van der Waals surface area contributed by atoms with Gasteiger partial charge in [-0.1, -0.05) is 54.5 Å². The van der Waals surface area contributed by atoms with Gasteiger partial charge in [0.2, 0.25) is 0 Å². The monoisotopic (exact) mass is 433 g/mol. The van der Waals surface area contributed by atoms with Gasteiger partial charge in [0, 0.05) is 7.05 Å². The summed E-state index contributed by atoms with van der Waals surface area (Å²) in [5.74, 6) is 2.66. The molecule has 0 bridgehead atoms. The summed E-state index contributed by atoms with van der Waals surface area (Å²) in [7, 11) is 2.14. The quantitative estimate of drug-likeness (QED) is 0.417. The van der Waals surface area contributed by atoms with Crippen LogP contribution in [0.15, 0.2) is 66.3 Å². The summed E-state index contributed by atoms with van der Waals surface area (Å²) in [6.07, 6.45) is 12.8. The lowest BCUT2D eigenvalue weighted by Gasteiger charge is -2.40. The molecule has 1 atom stereocenters. The number of ether oxygens (including phenoxy) is 1. The molecule has 33 heavy (non-hydrogen) atoms. The molecule has 3 aromatic carbocycles. The van der Waals surface area contributed by atoms with Crippen molar-refractivity contribution >= 4 is 22.0 Å². The molecule has 3 aromatic rings. The number of fused-ring (bicyclic) bond motifs is 5. The molecule has 0 N–H and O–H groups in total. The van der Waals surface area contributed by atoms with Crippen LogP contribution in [0.1, 0.15) is 43.2 Å². The Hall–Kier alpha value is -3.00. The van der Waals surface area contributed by atoms with Crippen LogP contribution in [0.2, 0.25) is 0 Å². The normalized spacial score (nSPS) is 21.8. The molecule has 1 aliphatic heterocycles. The smallest absolute Gasteiger partial charge is 0.143 e. The van der Waals surface area contributed by atoms with Gasteiger partial charge in [-0.3, -0.25) is 0 Å². The predicted octanol–water partition coefficient (Wildman–Crippen LogP) is 7.41. The Morgan fingerprint density at radius 1 is 0.970 bits per heavy atom. The van der Waals surface area contributed by atoms with Crippen molar-refractivity contribution in [2.24, 2.45) is 11.8 Å². The number of rotatable bonds is 2. The molecule has 2 nitrogen and oxygen atoms in total. The Bertz CT molecular complexity index is 1330. The lowest BCUT2D eigenvalue weighted by molar-refractivity contribution is 0.227. The molecule has 3 aliphatic carbocycles. The standard InChI is InChI=1S/C31H31NO/c1-32-15-16-33-31-18-22(11-14-30(31)32)21-9-12-24-23(17-21)10-13-27-25-7-2-3-8-26(25)28(19-29(24)27)20-5-4-6-20/h2,7,9-14,17-18,20,28H,3-6,8,15-16,19H2,1H3. The Balaban J connectivity index is 1.32. The van der Waals surface area contributed by atoms with Gasteiger partial charge in [-0.05, 0) is 101 Å². The topological polar surface area (TPSA) is 12.5 Å². The van der Waals surface area contributed by atoms with Crippen molar-refractivity contribution in [1.29, 1.82) is 0 Å². The van der Waals surface area contributed by atoms with Gasteiger partial charge in [0.15, 0.2) is 0 Å². The van der Waals surface area contributed by atoms with Gasteiger partial charge >= 0.3 is 0 Å². The van der Waals surface area contributed by atoms with Gasteiger partial charge in [0.05, 0.1) is 12.2 Å². The summed E-state index contributed by atoms with van der Waals surface area (Å²) in [6.45, 7) is 1.70. The van der Waals surface area contributed by atoms with Gasteiger partial charge in [0.25, 0.3) is 0 Å². The van der Waals surface area contributed by atoms with Gasteiger partial charge in [-0.25, -0.2) is 0 Å². The second kappa shape index (κ2) is 7.52. The van der Waals surface area contributed by atoms with E-state index in [2.05, 4.69) is 72.6 Å². The highest BCUT2D eigenvalue weighted by Crippen LogP contribution is 2.49. The van der Waals surface area contributed by atoms with E-state index >= 15 is 0 Å². The van der Waals surface area contributed by atoms with Crippen LogP contribution in [0.5, 0.6) is 5.75 Å². The number of nitrogens with zero attached hydrogens (tertiary/aromatic N) is 1. The molecule has 1 saturated carbocycles. The number of anilines is 1. The van der Waals surface area contributed by atoms with E-state index in [1.165, 1.54) is 71.7 Å². The van der Waals surface area contributed by atoms with Crippen LogP contribution in [0.4, 0.5) is 5.69 Å². The van der Waals surface area contributed by atoms with Crippen molar-refractivity contribution in [3.05, 3.63) is 77.4 Å².